The standard InChI is InChI=1S/C15H31NO2/c1-5-15(3,6-2)13-16(4)12-10-8-7-9-11-14(17)18/h5-13H2,1-4H3,(H,17,18). The molecule has 0 rings (SSSR count). The molecule has 0 atom stereocenters. The molecule has 3 heteroatoms. The van der Waals surface area contributed by atoms with Crippen LogP contribution in [0.25, 0.3) is 0 Å². The number of unbranched alkanes of at least 4 members (excludes halogenated alkanes) is 3. The summed E-state index contributed by atoms with van der Waals surface area (Å²) in [6, 6.07) is 0. The van der Waals surface area contributed by atoms with Crippen LogP contribution in [0.5, 0.6) is 0 Å². The Morgan fingerprint density at radius 2 is 1.67 bits per heavy atom. The molecule has 0 spiro atoms. The van der Waals surface area contributed by atoms with Gasteiger partial charge in [0.05, 0.1) is 0 Å². The zero-order valence-corrected chi connectivity index (χ0v) is 12.7. The van der Waals surface area contributed by atoms with Crippen molar-refractivity contribution in [3.63, 3.8) is 0 Å². The Kier molecular flexibility index (Phi) is 9.08. The van der Waals surface area contributed by atoms with E-state index in [9.17, 15) is 4.79 Å². The third-order valence-corrected chi connectivity index (χ3v) is 4.04. The predicted molar refractivity (Wildman–Crippen MR) is 76.9 cm³/mol. The van der Waals surface area contributed by atoms with E-state index in [-0.39, 0.29) is 0 Å². The summed E-state index contributed by atoms with van der Waals surface area (Å²) < 4.78 is 0. The van der Waals surface area contributed by atoms with Crippen molar-refractivity contribution in [2.24, 2.45) is 5.41 Å². The Bertz CT molecular complexity index is 225. The summed E-state index contributed by atoms with van der Waals surface area (Å²) in [7, 11) is 2.20. The van der Waals surface area contributed by atoms with E-state index < -0.39 is 5.97 Å². The van der Waals surface area contributed by atoms with E-state index in [1.165, 1.54) is 19.3 Å². The lowest BCUT2D eigenvalue weighted by Gasteiger charge is -2.32. The van der Waals surface area contributed by atoms with Crippen molar-refractivity contribution in [3.8, 4) is 0 Å². The van der Waals surface area contributed by atoms with Crippen LogP contribution in [0.2, 0.25) is 0 Å². The maximum Gasteiger partial charge on any atom is 0.303 e. The van der Waals surface area contributed by atoms with Crippen LogP contribution in [-0.2, 0) is 4.79 Å². The Labute approximate surface area is 113 Å². The van der Waals surface area contributed by atoms with E-state index in [1.54, 1.807) is 0 Å². The maximum absolute atomic E-state index is 10.4. The molecule has 0 fully saturated rings. The highest BCUT2D eigenvalue weighted by molar-refractivity contribution is 5.66. The molecule has 0 unspecified atom stereocenters. The van der Waals surface area contributed by atoms with Crippen LogP contribution in [0, 0.1) is 5.41 Å². The van der Waals surface area contributed by atoms with E-state index in [1.807, 2.05) is 0 Å². The van der Waals surface area contributed by atoms with Gasteiger partial charge in [-0.25, -0.2) is 0 Å². The molecule has 0 aromatic carbocycles. The van der Waals surface area contributed by atoms with Gasteiger partial charge in [0.2, 0.25) is 0 Å². The number of carboxylic acids is 1. The Hall–Kier alpha value is -0.570. The average Bonchev–Trinajstić information content (AvgIpc) is 2.33. The van der Waals surface area contributed by atoms with E-state index in [0.29, 0.717) is 11.8 Å². The van der Waals surface area contributed by atoms with Crippen molar-refractivity contribution in [1.82, 2.24) is 4.90 Å². The van der Waals surface area contributed by atoms with E-state index in [0.717, 1.165) is 32.4 Å². The lowest BCUT2D eigenvalue weighted by Crippen LogP contribution is -2.33. The number of rotatable bonds is 11. The van der Waals surface area contributed by atoms with Crippen LogP contribution in [0.4, 0.5) is 0 Å². The Balaban J connectivity index is 3.59. The van der Waals surface area contributed by atoms with Crippen LogP contribution in [-0.4, -0.2) is 36.1 Å². The minimum Gasteiger partial charge on any atom is -0.481 e. The van der Waals surface area contributed by atoms with E-state index in [4.69, 9.17) is 5.11 Å². The summed E-state index contributed by atoms with van der Waals surface area (Å²) in [5.41, 5.74) is 0.443. The second-order valence-electron chi connectivity index (χ2n) is 5.81. The number of hydrogen-bond acceptors (Lipinski definition) is 2. The van der Waals surface area contributed by atoms with Gasteiger partial charge in [-0.1, -0.05) is 33.6 Å². The molecule has 0 heterocycles. The van der Waals surface area contributed by atoms with Gasteiger partial charge in [-0.2, -0.15) is 0 Å². The molecule has 0 aromatic rings. The van der Waals surface area contributed by atoms with Crippen molar-refractivity contribution in [1.29, 1.82) is 0 Å². The maximum atomic E-state index is 10.4. The van der Waals surface area contributed by atoms with Crippen molar-refractivity contribution < 1.29 is 9.90 Å². The summed E-state index contributed by atoms with van der Waals surface area (Å²) in [5, 5.41) is 8.53. The van der Waals surface area contributed by atoms with E-state index in [2.05, 4.69) is 32.7 Å². The molecule has 0 bridgehead atoms. The van der Waals surface area contributed by atoms with Crippen LogP contribution in [0.3, 0.4) is 0 Å². The van der Waals surface area contributed by atoms with Crippen LogP contribution < -0.4 is 0 Å². The van der Waals surface area contributed by atoms with Crippen molar-refractivity contribution in [2.75, 3.05) is 20.1 Å². The zero-order valence-electron chi connectivity index (χ0n) is 12.7. The van der Waals surface area contributed by atoms with Crippen molar-refractivity contribution >= 4 is 5.97 Å². The fourth-order valence-electron chi connectivity index (χ4n) is 2.22. The second kappa shape index (κ2) is 9.37. The zero-order chi connectivity index (χ0) is 14.0. The molecule has 0 saturated heterocycles. The number of aliphatic carboxylic acids is 1. The first-order valence-electron chi connectivity index (χ1n) is 7.34. The van der Waals surface area contributed by atoms with Gasteiger partial charge in [0.15, 0.2) is 0 Å². The van der Waals surface area contributed by atoms with Crippen molar-refractivity contribution in [3.05, 3.63) is 0 Å². The molecule has 18 heavy (non-hydrogen) atoms. The highest BCUT2D eigenvalue weighted by Crippen LogP contribution is 2.26. The fraction of sp³-hybridized carbons (Fsp3) is 0.933. The highest BCUT2D eigenvalue weighted by Gasteiger charge is 2.21. The first kappa shape index (κ1) is 17.4. The highest BCUT2D eigenvalue weighted by atomic mass is 16.4. The van der Waals surface area contributed by atoms with Gasteiger partial charge < -0.3 is 10.0 Å². The summed E-state index contributed by atoms with van der Waals surface area (Å²) in [6.45, 7) is 9.18. The van der Waals surface area contributed by atoms with Gasteiger partial charge >= 0.3 is 5.97 Å². The lowest BCUT2D eigenvalue weighted by atomic mass is 9.84. The Morgan fingerprint density at radius 3 is 2.17 bits per heavy atom. The smallest absolute Gasteiger partial charge is 0.303 e. The molecule has 3 nitrogen and oxygen atoms in total. The number of hydrogen-bond donors (Lipinski definition) is 1. The molecule has 1 N–H and O–H groups in total. The minimum absolute atomic E-state index is 0.319. The predicted octanol–water partition coefficient (Wildman–Crippen LogP) is 3.78. The number of nitrogens with zero attached hydrogens (tertiary/aromatic N) is 1. The summed E-state index contributed by atoms with van der Waals surface area (Å²) in [5.74, 6) is -0.672. The summed E-state index contributed by atoms with van der Waals surface area (Å²) in [4.78, 5) is 12.8. The summed E-state index contributed by atoms with van der Waals surface area (Å²) in [6.07, 6.45) is 6.96. The molecule has 0 radical (unpaired) electrons. The normalized spacial score (nSPS) is 12.1. The van der Waals surface area contributed by atoms with Gasteiger partial charge in [-0.05, 0) is 44.7 Å². The quantitative estimate of drug-likeness (QED) is 0.573. The molecule has 0 aromatic heterocycles. The van der Waals surface area contributed by atoms with Gasteiger partial charge in [0.25, 0.3) is 0 Å². The molecule has 0 aliphatic rings. The van der Waals surface area contributed by atoms with Crippen LogP contribution >= 0.6 is 0 Å². The first-order valence-corrected chi connectivity index (χ1v) is 7.34. The monoisotopic (exact) mass is 257 g/mol. The molecule has 0 aliphatic heterocycles. The molecule has 0 amide bonds. The minimum atomic E-state index is -0.672. The number of carboxylic acid groups (broad SMARTS) is 1. The van der Waals surface area contributed by atoms with Crippen molar-refractivity contribution in [2.45, 2.75) is 65.7 Å². The van der Waals surface area contributed by atoms with Gasteiger partial charge in [0.1, 0.15) is 0 Å². The topological polar surface area (TPSA) is 40.5 Å². The van der Waals surface area contributed by atoms with Gasteiger partial charge in [0, 0.05) is 13.0 Å². The third-order valence-electron chi connectivity index (χ3n) is 4.04. The fourth-order valence-corrected chi connectivity index (χ4v) is 2.22. The van der Waals surface area contributed by atoms with Gasteiger partial charge in [-0.15, -0.1) is 0 Å². The molecule has 0 aliphatic carbocycles. The lowest BCUT2D eigenvalue weighted by molar-refractivity contribution is -0.137. The Morgan fingerprint density at radius 1 is 1.11 bits per heavy atom. The van der Waals surface area contributed by atoms with Crippen LogP contribution in [0.15, 0.2) is 0 Å². The SMILES string of the molecule is CCC(C)(CC)CN(C)CCCCCCC(=O)O. The van der Waals surface area contributed by atoms with Gasteiger partial charge in [-0.3, -0.25) is 4.79 Å². The average molecular weight is 257 g/mol. The molecule has 108 valence electrons. The largest absolute Gasteiger partial charge is 0.481 e. The van der Waals surface area contributed by atoms with Crippen LogP contribution in [0.1, 0.15) is 65.7 Å². The molecular formula is C15H31NO2. The molecular weight excluding hydrogens is 226 g/mol. The molecule has 0 saturated carbocycles. The third kappa shape index (κ3) is 8.51. The first-order chi connectivity index (χ1) is 8.43. The summed E-state index contributed by atoms with van der Waals surface area (Å²) >= 11 is 0. The number of carbonyl (C=O) groups is 1. The van der Waals surface area contributed by atoms with E-state index >= 15 is 0 Å². The second-order valence-corrected chi connectivity index (χ2v) is 5.81.